The third-order valence-corrected chi connectivity index (χ3v) is 6.76. The molecule has 0 fully saturated rings. The zero-order chi connectivity index (χ0) is 23.5. The average Bonchev–Trinajstić information content (AvgIpc) is 3.06. The number of Topliss-reactive ketones (excluding diaryl/α,β-unsaturated/α-hetero) is 1. The fourth-order valence-electron chi connectivity index (χ4n) is 4.33. The second kappa shape index (κ2) is 9.94. The number of rotatable bonds is 8. The zero-order valence-corrected chi connectivity index (χ0v) is 20.4. The normalized spacial score (nSPS) is 15.7. The van der Waals surface area contributed by atoms with Crippen molar-refractivity contribution in [3.05, 3.63) is 46.8 Å². The highest BCUT2D eigenvalue weighted by Gasteiger charge is 2.35. The second-order valence-corrected chi connectivity index (χ2v) is 10.1. The number of aromatic amines is 1. The van der Waals surface area contributed by atoms with Crippen LogP contribution in [0.1, 0.15) is 78.6 Å². The van der Waals surface area contributed by atoms with Gasteiger partial charge in [-0.1, -0.05) is 45.7 Å². The molecular formula is C25H33N3O3S. The van der Waals surface area contributed by atoms with Crippen molar-refractivity contribution in [2.24, 2.45) is 5.41 Å². The molecule has 2 amide bonds. The molecule has 1 aromatic carbocycles. The van der Waals surface area contributed by atoms with E-state index in [2.05, 4.69) is 36.4 Å². The van der Waals surface area contributed by atoms with E-state index in [9.17, 15) is 14.4 Å². The summed E-state index contributed by atoms with van der Waals surface area (Å²) in [7, 11) is 0. The highest BCUT2D eigenvalue weighted by molar-refractivity contribution is 7.98. The number of anilines is 1. The van der Waals surface area contributed by atoms with Crippen LogP contribution in [0.3, 0.4) is 0 Å². The van der Waals surface area contributed by atoms with E-state index in [4.69, 9.17) is 0 Å². The molecular weight excluding hydrogens is 422 g/mol. The molecule has 1 aliphatic carbocycles. The van der Waals surface area contributed by atoms with Gasteiger partial charge in [0.25, 0.3) is 5.91 Å². The number of nitrogens with one attached hydrogen (secondary N) is 3. The largest absolute Gasteiger partial charge is 0.354 e. The van der Waals surface area contributed by atoms with Gasteiger partial charge in [0.2, 0.25) is 5.91 Å². The fourth-order valence-corrected chi connectivity index (χ4v) is 4.89. The molecule has 1 atom stereocenters. The van der Waals surface area contributed by atoms with Gasteiger partial charge < -0.3 is 15.6 Å². The SMILES string of the molecule is CCCCC(NC(=O)c1[nH]c2c(c1C)C(=O)CC(C)(C)C2)C(=O)Nc1ccccc1SC. The predicted molar refractivity (Wildman–Crippen MR) is 130 cm³/mol. The first-order chi connectivity index (χ1) is 15.2. The molecule has 172 valence electrons. The lowest BCUT2D eigenvalue weighted by Gasteiger charge is -2.28. The van der Waals surface area contributed by atoms with Gasteiger partial charge in [-0.25, -0.2) is 0 Å². The van der Waals surface area contributed by atoms with Gasteiger partial charge in [0, 0.05) is 22.6 Å². The molecule has 1 aromatic heterocycles. The van der Waals surface area contributed by atoms with E-state index in [0.29, 0.717) is 36.1 Å². The summed E-state index contributed by atoms with van der Waals surface area (Å²) in [5, 5.41) is 5.88. The number of amides is 2. The number of thioether (sulfide) groups is 1. The van der Waals surface area contributed by atoms with Gasteiger partial charge in [-0.15, -0.1) is 11.8 Å². The van der Waals surface area contributed by atoms with Crippen molar-refractivity contribution >= 4 is 35.0 Å². The molecule has 3 rings (SSSR count). The van der Waals surface area contributed by atoms with E-state index in [-0.39, 0.29) is 23.0 Å². The highest BCUT2D eigenvalue weighted by Crippen LogP contribution is 2.36. The van der Waals surface area contributed by atoms with Gasteiger partial charge in [0.15, 0.2) is 5.78 Å². The Morgan fingerprint density at radius 1 is 1.22 bits per heavy atom. The summed E-state index contributed by atoms with van der Waals surface area (Å²) in [6.45, 7) is 7.97. The minimum Gasteiger partial charge on any atom is -0.354 e. The first kappa shape index (κ1) is 24.1. The number of para-hydroxylation sites is 1. The number of H-pyrrole nitrogens is 1. The molecule has 1 heterocycles. The van der Waals surface area contributed by atoms with Crippen LogP contribution >= 0.6 is 11.8 Å². The number of carbonyl (C=O) groups is 3. The molecule has 0 saturated heterocycles. The zero-order valence-electron chi connectivity index (χ0n) is 19.6. The molecule has 2 aromatic rings. The van der Waals surface area contributed by atoms with Gasteiger partial charge in [0.05, 0.1) is 5.69 Å². The topological polar surface area (TPSA) is 91.1 Å². The van der Waals surface area contributed by atoms with Crippen LogP contribution in [0.25, 0.3) is 0 Å². The Morgan fingerprint density at radius 3 is 2.62 bits per heavy atom. The Bertz CT molecular complexity index is 1030. The van der Waals surface area contributed by atoms with Crippen LogP contribution in [0.2, 0.25) is 0 Å². The highest BCUT2D eigenvalue weighted by atomic mass is 32.2. The average molecular weight is 456 g/mol. The second-order valence-electron chi connectivity index (χ2n) is 9.28. The van der Waals surface area contributed by atoms with Gasteiger partial charge in [-0.05, 0) is 49.1 Å². The lowest BCUT2D eigenvalue weighted by Crippen LogP contribution is -2.44. The molecule has 1 unspecified atom stereocenters. The number of fused-ring (bicyclic) bond motifs is 1. The van der Waals surface area contributed by atoms with Crippen LogP contribution in [0.4, 0.5) is 5.69 Å². The summed E-state index contributed by atoms with van der Waals surface area (Å²) < 4.78 is 0. The Labute approximate surface area is 194 Å². The van der Waals surface area contributed by atoms with Crippen LogP contribution in [0.15, 0.2) is 29.2 Å². The molecule has 7 heteroatoms. The van der Waals surface area contributed by atoms with Gasteiger partial charge in [-0.3, -0.25) is 14.4 Å². The fraction of sp³-hybridized carbons (Fsp3) is 0.480. The van der Waals surface area contributed by atoms with Gasteiger partial charge in [0.1, 0.15) is 11.7 Å². The van der Waals surface area contributed by atoms with Crippen molar-refractivity contribution in [2.45, 2.75) is 70.7 Å². The van der Waals surface area contributed by atoms with Crippen LogP contribution in [-0.2, 0) is 11.2 Å². The number of benzene rings is 1. The summed E-state index contributed by atoms with van der Waals surface area (Å²) in [4.78, 5) is 43.1. The van der Waals surface area contributed by atoms with Crippen LogP contribution in [0, 0.1) is 12.3 Å². The van der Waals surface area contributed by atoms with Crippen molar-refractivity contribution in [3.8, 4) is 0 Å². The third-order valence-electron chi connectivity index (χ3n) is 5.96. The monoisotopic (exact) mass is 455 g/mol. The van der Waals surface area contributed by atoms with Crippen LogP contribution < -0.4 is 10.6 Å². The number of aromatic nitrogens is 1. The summed E-state index contributed by atoms with van der Waals surface area (Å²) in [6.07, 6.45) is 5.42. The van der Waals surface area contributed by atoms with E-state index in [1.807, 2.05) is 30.5 Å². The number of hydrogen-bond acceptors (Lipinski definition) is 4. The molecule has 3 N–H and O–H groups in total. The van der Waals surface area contributed by atoms with Gasteiger partial charge >= 0.3 is 0 Å². The molecule has 0 bridgehead atoms. The smallest absolute Gasteiger partial charge is 0.268 e. The summed E-state index contributed by atoms with van der Waals surface area (Å²) in [6, 6.07) is 6.95. The van der Waals surface area contributed by atoms with E-state index in [1.54, 1.807) is 18.7 Å². The minimum atomic E-state index is -0.663. The van der Waals surface area contributed by atoms with Crippen LogP contribution in [0.5, 0.6) is 0 Å². The molecule has 0 saturated carbocycles. The van der Waals surface area contributed by atoms with Crippen molar-refractivity contribution in [1.29, 1.82) is 0 Å². The molecule has 0 spiro atoms. The maximum absolute atomic E-state index is 13.2. The molecule has 0 radical (unpaired) electrons. The van der Waals surface area contributed by atoms with E-state index in [1.165, 1.54) is 0 Å². The van der Waals surface area contributed by atoms with E-state index < -0.39 is 6.04 Å². The van der Waals surface area contributed by atoms with Crippen molar-refractivity contribution in [3.63, 3.8) is 0 Å². The van der Waals surface area contributed by atoms with Crippen molar-refractivity contribution < 1.29 is 14.4 Å². The molecule has 1 aliphatic rings. The first-order valence-corrected chi connectivity index (χ1v) is 12.4. The standard InChI is InChI=1S/C25H33N3O3S/c1-6-7-10-17(23(30)27-16-11-8-9-12-20(16)32-5)28-24(31)22-15(2)21-18(26-22)13-25(3,4)14-19(21)29/h8-9,11-12,17,26H,6-7,10,13-14H2,1-5H3,(H,27,30)(H,28,31). The number of ketones is 1. The molecule has 32 heavy (non-hydrogen) atoms. The van der Waals surface area contributed by atoms with Gasteiger partial charge in [-0.2, -0.15) is 0 Å². The number of carbonyl (C=O) groups excluding carboxylic acids is 3. The maximum atomic E-state index is 13.2. The first-order valence-electron chi connectivity index (χ1n) is 11.2. The lowest BCUT2D eigenvalue weighted by atomic mass is 9.75. The summed E-state index contributed by atoms with van der Waals surface area (Å²) in [5.41, 5.74) is 3.10. The van der Waals surface area contributed by atoms with E-state index in [0.717, 1.165) is 29.1 Å². The number of unbranched alkanes of at least 4 members (excludes halogenated alkanes) is 1. The summed E-state index contributed by atoms with van der Waals surface area (Å²) in [5.74, 6) is -0.519. The Kier molecular flexibility index (Phi) is 7.49. The predicted octanol–water partition coefficient (Wildman–Crippen LogP) is 5.13. The van der Waals surface area contributed by atoms with Crippen molar-refractivity contribution in [2.75, 3.05) is 11.6 Å². The number of hydrogen-bond donors (Lipinski definition) is 3. The van der Waals surface area contributed by atoms with Crippen molar-refractivity contribution in [1.82, 2.24) is 10.3 Å². The quantitative estimate of drug-likeness (QED) is 0.482. The maximum Gasteiger partial charge on any atom is 0.268 e. The van der Waals surface area contributed by atoms with Crippen LogP contribution in [-0.4, -0.2) is 34.9 Å². The molecule has 0 aliphatic heterocycles. The van der Waals surface area contributed by atoms with E-state index >= 15 is 0 Å². The lowest BCUT2D eigenvalue weighted by molar-refractivity contribution is -0.118. The Hall–Kier alpha value is -2.54. The summed E-state index contributed by atoms with van der Waals surface area (Å²) >= 11 is 1.56. The minimum absolute atomic E-state index is 0.0676. The third kappa shape index (κ3) is 5.26. The Balaban J connectivity index is 1.81. The molecule has 6 nitrogen and oxygen atoms in total. The Morgan fingerprint density at radius 2 is 1.94 bits per heavy atom.